The molecule has 4 aromatic carbocycles. The molecule has 0 amide bonds. The molecule has 49 heavy (non-hydrogen) atoms. The van der Waals surface area contributed by atoms with Crippen molar-refractivity contribution in [3.8, 4) is 45.0 Å². The Morgan fingerprint density at radius 3 is 0.694 bits per heavy atom. The van der Waals surface area contributed by atoms with Gasteiger partial charge < -0.3 is 0 Å². The number of aromatic nitrogens is 2. The summed E-state index contributed by atoms with van der Waals surface area (Å²) in [4.78, 5) is 5.91. The first-order valence-electron chi connectivity index (χ1n) is 12.1. The number of halogens is 19. The highest BCUT2D eigenvalue weighted by atomic mass is 19.2. The lowest BCUT2D eigenvalue weighted by atomic mass is 9.97. The van der Waals surface area contributed by atoms with Crippen LogP contribution in [0.25, 0.3) is 45.0 Å². The minimum atomic E-state index is -3.02. The fraction of sp³-hybridized carbons (Fsp3) is 0. The van der Waals surface area contributed by atoms with Crippen molar-refractivity contribution < 1.29 is 83.4 Å². The summed E-state index contributed by atoms with van der Waals surface area (Å²) in [5, 5.41) is 0. The monoisotopic (exact) mass is 726 g/mol. The fourth-order valence-corrected chi connectivity index (χ4v) is 4.35. The van der Waals surface area contributed by atoms with Crippen LogP contribution >= 0.6 is 0 Å². The van der Waals surface area contributed by atoms with E-state index in [2.05, 4.69) is 9.97 Å². The second kappa shape index (κ2) is 11.9. The SMILES string of the molecule is Fc1c(F)c(F)c(-c2cc(-c3c(F)c(F)c(-c4c(F)c(F)c(F)c(F)c4F)c(F)c3F)nc(-c3c(F)c(F)c(F)c(F)c3F)n2)c(F)c1F. The summed E-state index contributed by atoms with van der Waals surface area (Å²) in [6, 6.07) is -0.299. The average Bonchev–Trinajstić information content (AvgIpc) is 3.07. The van der Waals surface area contributed by atoms with E-state index in [1.807, 2.05) is 0 Å². The molecule has 0 saturated heterocycles. The number of hydrogen-bond acceptors (Lipinski definition) is 2. The van der Waals surface area contributed by atoms with Crippen molar-refractivity contribution in [1.82, 2.24) is 9.97 Å². The molecule has 256 valence electrons. The van der Waals surface area contributed by atoms with Crippen LogP contribution in [0.5, 0.6) is 0 Å². The quantitative estimate of drug-likeness (QED) is 0.105. The Bertz CT molecular complexity index is 2080. The normalized spacial score (nSPS) is 11.6. The van der Waals surface area contributed by atoms with Crippen molar-refractivity contribution in [2.24, 2.45) is 0 Å². The summed E-state index contributed by atoms with van der Waals surface area (Å²) < 4.78 is 272. The van der Waals surface area contributed by atoms with Gasteiger partial charge in [0.25, 0.3) is 0 Å². The van der Waals surface area contributed by atoms with Crippen LogP contribution in [-0.2, 0) is 0 Å². The maximum Gasteiger partial charge on any atom is 0.200 e. The van der Waals surface area contributed by atoms with Crippen molar-refractivity contribution in [1.29, 1.82) is 0 Å². The van der Waals surface area contributed by atoms with Gasteiger partial charge in [-0.3, -0.25) is 0 Å². The van der Waals surface area contributed by atoms with E-state index < -0.39 is 156 Å². The Kier molecular flexibility index (Phi) is 8.52. The zero-order valence-electron chi connectivity index (χ0n) is 22.2. The third-order valence-electron chi connectivity index (χ3n) is 6.60. The molecule has 0 atom stereocenters. The van der Waals surface area contributed by atoms with Crippen molar-refractivity contribution in [3.05, 3.63) is 117 Å². The molecule has 0 N–H and O–H groups in total. The van der Waals surface area contributed by atoms with Gasteiger partial charge in [-0.05, 0) is 6.07 Å². The number of benzene rings is 4. The Labute approximate surface area is 255 Å². The van der Waals surface area contributed by atoms with Crippen LogP contribution in [0, 0.1) is 111 Å². The molecule has 0 fully saturated rings. The number of nitrogens with zero attached hydrogens (tertiary/aromatic N) is 2. The van der Waals surface area contributed by atoms with Gasteiger partial charge in [0, 0.05) is 0 Å². The van der Waals surface area contributed by atoms with E-state index in [9.17, 15) is 65.9 Å². The Hall–Kier alpha value is -5.37. The molecule has 5 aromatic rings. The van der Waals surface area contributed by atoms with Gasteiger partial charge in [0.1, 0.15) is 0 Å². The van der Waals surface area contributed by atoms with Gasteiger partial charge in [-0.15, -0.1) is 0 Å². The van der Waals surface area contributed by atoms with E-state index in [1.54, 1.807) is 0 Å². The highest BCUT2D eigenvalue weighted by molar-refractivity contribution is 5.77. The van der Waals surface area contributed by atoms with E-state index in [-0.39, 0.29) is 6.07 Å². The topological polar surface area (TPSA) is 25.8 Å². The van der Waals surface area contributed by atoms with Crippen LogP contribution in [-0.4, -0.2) is 9.97 Å². The first kappa shape index (κ1) is 35.0. The van der Waals surface area contributed by atoms with E-state index in [0.29, 0.717) is 0 Å². The second-order valence-corrected chi connectivity index (χ2v) is 9.30. The second-order valence-electron chi connectivity index (χ2n) is 9.30. The minimum Gasteiger partial charge on any atom is -0.228 e. The lowest BCUT2D eigenvalue weighted by molar-refractivity contribution is 0.379. The number of hydrogen-bond donors (Lipinski definition) is 0. The van der Waals surface area contributed by atoms with Crippen molar-refractivity contribution >= 4 is 0 Å². The van der Waals surface area contributed by atoms with Gasteiger partial charge in [0.05, 0.1) is 39.2 Å². The molecule has 0 radical (unpaired) electrons. The Balaban J connectivity index is 1.94. The summed E-state index contributed by atoms with van der Waals surface area (Å²) in [6.45, 7) is 0. The highest BCUT2D eigenvalue weighted by Gasteiger charge is 2.37. The van der Waals surface area contributed by atoms with Crippen molar-refractivity contribution in [2.75, 3.05) is 0 Å². The van der Waals surface area contributed by atoms with Crippen LogP contribution < -0.4 is 0 Å². The summed E-state index contributed by atoms with van der Waals surface area (Å²) in [6.07, 6.45) is 0. The Morgan fingerprint density at radius 1 is 0.224 bits per heavy atom. The minimum absolute atomic E-state index is 0.299. The van der Waals surface area contributed by atoms with Gasteiger partial charge in [-0.1, -0.05) is 0 Å². The van der Waals surface area contributed by atoms with Gasteiger partial charge in [0.15, 0.2) is 98.9 Å². The third kappa shape index (κ3) is 5.00. The predicted octanol–water partition coefficient (Wildman–Crippen LogP) is 9.79. The smallest absolute Gasteiger partial charge is 0.200 e. The van der Waals surface area contributed by atoms with Crippen LogP contribution in [0.2, 0.25) is 0 Å². The van der Waals surface area contributed by atoms with Gasteiger partial charge in [-0.25, -0.2) is 93.4 Å². The molecular formula is C28HF19N2. The molecule has 5 rings (SSSR count). The highest BCUT2D eigenvalue weighted by Crippen LogP contribution is 2.42. The molecule has 21 heteroatoms. The lowest BCUT2D eigenvalue weighted by Gasteiger charge is -2.16. The molecule has 0 spiro atoms. The maximum absolute atomic E-state index is 15.4. The largest absolute Gasteiger partial charge is 0.228 e. The fourth-order valence-electron chi connectivity index (χ4n) is 4.35. The average molecular weight is 726 g/mol. The zero-order chi connectivity index (χ0) is 36.7. The van der Waals surface area contributed by atoms with E-state index in [1.165, 1.54) is 0 Å². The summed E-state index contributed by atoms with van der Waals surface area (Å²) in [5.41, 5.74) is -16.0. The first-order chi connectivity index (χ1) is 22.8. The van der Waals surface area contributed by atoms with E-state index in [4.69, 9.17) is 0 Å². The third-order valence-corrected chi connectivity index (χ3v) is 6.60. The molecule has 1 aromatic heterocycles. The molecule has 0 aliphatic carbocycles. The van der Waals surface area contributed by atoms with Crippen LogP contribution in [0.3, 0.4) is 0 Å². The predicted molar refractivity (Wildman–Crippen MR) is 123 cm³/mol. The van der Waals surface area contributed by atoms with Crippen molar-refractivity contribution in [3.63, 3.8) is 0 Å². The summed E-state index contributed by atoms with van der Waals surface area (Å²) >= 11 is 0. The standard InChI is InChI=1S/C28HF19N2/c29-9-4(10(30)14(34)6(13(9)33)7-15(35)21(41)26(46)22(42)16(7)36)2-1-3(5-11(31)19(39)25(45)20(40)12(5)32)49-28(48-2)8-17(37)23(43)27(47)24(44)18(8)38/h1H. The molecule has 0 aliphatic heterocycles. The lowest BCUT2D eigenvalue weighted by Crippen LogP contribution is -2.11. The van der Waals surface area contributed by atoms with Crippen LogP contribution in [0.1, 0.15) is 0 Å². The molecule has 2 nitrogen and oxygen atoms in total. The van der Waals surface area contributed by atoms with Crippen molar-refractivity contribution in [2.45, 2.75) is 0 Å². The van der Waals surface area contributed by atoms with E-state index >= 15 is 17.6 Å². The first-order valence-corrected chi connectivity index (χ1v) is 12.1. The zero-order valence-corrected chi connectivity index (χ0v) is 22.2. The Morgan fingerprint density at radius 2 is 0.408 bits per heavy atom. The van der Waals surface area contributed by atoms with E-state index in [0.717, 1.165) is 0 Å². The maximum atomic E-state index is 15.4. The van der Waals surface area contributed by atoms with Crippen LogP contribution in [0.4, 0.5) is 83.4 Å². The summed E-state index contributed by atoms with van der Waals surface area (Å²) in [7, 11) is 0. The van der Waals surface area contributed by atoms with Gasteiger partial charge in [-0.2, -0.15) is 0 Å². The molecule has 0 bridgehead atoms. The molecule has 0 saturated carbocycles. The molecule has 1 heterocycles. The summed E-state index contributed by atoms with van der Waals surface area (Å²) in [5.74, 6) is -57.0. The van der Waals surface area contributed by atoms with Gasteiger partial charge in [0.2, 0.25) is 17.5 Å². The molecule has 0 aliphatic rings. The number of rotatable bonds is 4. The van der Waals surface area contributed by atoms with Crippen LogP contribution in [0.15, 0.2) is 6.07 Å². The molecular weight excluding hydrogens is 725 g/mol. The van der Waals surface area contributed by atoms with Gasteiger partial charge >= 0.3 is 0 Å². The molecule has 0 unspecified atom stereocenters.